The summed E-state index contributed by atoms with van der Waals surface area (Å²) in [4.78, 5) is 26.3. The predicted octanol–water partition coefficient (Wildman–Crippen LogP) is 8.01. The Morgan fingerprint density at radius 3 is 2.50 bits per heavy atom. The quantitative estimate of drug-likeness (QED) is 0.193. The number of fused-ring (bicyclic) bond motifs is 4. The highest BCUT2D eigenvalue weighted by molar-refractivity contribution is 6.13. The summed E-state index contributed by atoms with van der Waals surface area (Å²) in [5.41, 5.74) is 6.13. The first-order valence-corrected chi connectivity index (χ1v) is 14.1. The van der Waals surface area contributed by atoms with E-state index in [0.29, 0.717) is 24.3 Å². The second-order valence-corrected chi connectivity index (χ2v) is 10.6. The summed E-state index contributed by atoms with van der Waals surface area (Å²) in [5, 5.41) is 5.98. The van der Waals surface area contributed by atoms with Crippen molar-refractivity contribution < 1.29 is 19.1 Å². The van der Waals surface area contributed by atoms with Crippen LogP contribution in [0.1, 0.15) is 67.7 Å². The highest BCUT2D eigenvalue weighted by Gasteiger charge is 2.38. The molecule has 0 fully saturated rings. The third kappa shape index (κ3) is 4.77. The Bertz CT molecular complexity index is 1620. The summed E-state index contributed by atoms with van der Waals surface area (Å²) >= 11 is 0. The molecule has 0 saturated heterocycles. The lowest BCUT2D eigenvalue weighted by molar-refractivity contribution is -0.134. The number of anilines is 1. The van der Waals surface area contributed by atoms with Gasteiger partial charge in [-0.05, 0) is 64.4 Å². The first-order valence-electron chi connectivity index (χ1n) is 14.1. The molecule has 1 aliphatic carbocycles. The van der Waals surface area contributed by atoms with Gasteiger partial charge in [0.2, 0.25) is 0 Å². The van der Waals surface area contributed by atoms with Crippen LogP contribution in [-0.4, -0.2) is 18.9 Å². The van der Waals surface area contributed by atoms with E-state index in [1.165, 1.54) is 5.56 Å². The largest absolute Gasteiger partial charge is 0.493 e. The molecule has 5 heteroatoms. The zero-order chi connectivity index (χ0) is 27.6. The van der Waals surface area contributed by atoms with Gasteiger partial charge in [-0.2, -0.15) is 0 Å². The summed E-state index contributed by atoms with van der Waals surface area (Å²) < 4.78 is 11.3. The van der Waals surface area contributed by atoms with Gasteiger partial charge in [0.1, 0.15) is 0 Å². The van der Waals surface area contributed by atoms with Gasteiger partial charge in [0, 0.05) is 29.7 Å². The monoisotopic (exact) mass is 531 g/mol. The van der Waals surface area contributed by atoms with Gasteiger partial charge >= 0.3 is 5.97 Å². The topological polar surface area (TPSA) is 64.6 Å². The Kier molecular flexibility index (Phi) is 7.12. The number of ketones is 1. The van der Waals surface area contributed by atoms with Crippen molar-refractivity contribution in [1.29, 1.82) is 0 Å². The normalized spacial score (nSPS) is 18.1. The van der Waals surface area contributed by atoms with Crippen LogP contribution in [0.25, 0.3) is 16.3 Å². The Hall–Kier alpha value is -4.38. The molecule has 0 radical (unpaired) electrons. The van der Waals surface area contributed by atoms with Crippen LogP contribution >= 0.6 is 0 Å². The summed E-state index contributed by atoms with van der Waals surface area (Å²) in [6, 6.07) is 28.2. The maximum absolute atomic E-state index is 14.0. The molecule has 0 amide bonds. The van der Waals surface area contributed by atoms with Crippen LogP contribution < -0.4 is 14.8 Å². The number of rotatable bonds is 7. The van der Waals surface area contributed by atoms with Gasteiger partial charge in [0.05, 0.1) is 13.2 Å². The van der Waals surface area contributed by atoms with Crippen LogP contribution in [0.2, 0.25) is 0 Å². The van der Waals surface area contributed by atoms with E-state index in [1.54, 1.807) is 13.2 Å². The zero-order valence-corrected chi connectivity index (χ0v) is 22.9. The van der Waals surface area contributed by atoms with Gasteiger partial charge in [-0.3, -0.25) is 9.59 Å². The van der Waals surface area contributed by atoms with E-state index in [0.717, 1.165) is 58.0 Å². The smallest absolute Gasteiger partial charge is 0.311 e. The molecule has 4 aromatic carbocycles. The molecular weight excluding hydrogens is 498 g/mol. The van der Waals surface area contributed by atoms with Crippen LogP contribution in [0.4, 0.5) is 5.69 Å². The van der Waals surface area contributed by atoms with Crippen LogP contribution in [0.15, 0.2) is 90.5 Å². The van der Waals surface area contributed by atoms with Gasteiger partial charge in [-0.25, -0.2) is 0 Å². The number of allylic oxidation sites excluding steroid dienone is 1. The molecule has 40 heavy (non-hydrogen) atoms. The second-order valence-electron chi connectivity index (χ2n) is 10.6. The minimum absolute atomic E-state index is 0.123. The van der Waals surface area contributed by atoms with Gasteiger partial charge in [0.25, 0.3) is 0 Å². The van der Waals surface area contributed by atoms with Crippen LogP contribution in [-0.2, 0) is 9.59 Å². The lowest BCUT2D eigenvalue weighted by Gasteiger charge is -2.37. The number of benzene rings is 4. The molecule has 202 valence electrons. The highest BCUT2D eigenvalue weighted by Crippen LogP contribution is 2.51. The van der Waals surface area contributed by atoms with E-state index >= 15 is 0 Å². The average molecular weight is 532 g/mol. The molecule has 1 heterocycles. The molecule has 0 saturated carbocycles. The predicted molar refractivity (Wildman–Crippen MR) is 159 cm³/mol. The van der Waals surface area contributed by atoms with Crippen molar-refractivity contribution in [3.8, 4) is 11.5 Å². The third-order valence-corrected chi connectivity index (χ3v) is 8.08. The van der Waals surface area contributed by atoms with Crippen molar-refractivity contribution in [2.75, 3.05) is 12.4 Å². The molecule has 5 nitrogen and oxygen atoms in total. The lowest BCUT2D eigenvalue weighted by Crippen LogP contribution is -2.29. The van der Waals surface area contributed by atoms with E-state index in [9.17, 15) is 9.59 Å². The van der Waals surface area contributed by atoms with E-state index in [1.807, 2.05) is 43.3 Å². The van der Waals surface area contributed by atoms with E-state index in [-0.39, 0.29) is 23.7 Å². The Morgan fingerprint density at radius 2 is 1.70 bits per heavy atom. The van der Waals surface area contributed by atoms with E-state index in [4.69, 9.17) is 9.47 Å². The van der Waals surface area contributed by atoms with Crippen LogP contribution in [0.3, 0.4) is 0 Å². The second kappa shape index (κ2) is 11.0. The minimum Gasteiger partial charge on any atom is -0.493 e. The Morgan fingerprint density at radius 1 is 0.900 bits per heavy atom. The number of methoxy groups -OCH3 is 1. The summed E-state index contributed by atoms with van der Waals surface area (Å²) in [7, 11) is 1.57. The van der Waals surface area contributed by atoms with Crippen molar-refractivity contribution in [3.05, 3.63) is 107 Å². The fraction of sp³-hybridized carbons (Fsp3) is 0.257. The number of Topliss-reactive ketones (excluding diaryl/α,β-unsaturated/α-hetero) is 1. The lowest BCUT2D eigenvalue weighted by atomic mass is 9.71. The van der Waals surface area contributed by atoms with Crippen molar-refractivity contribution in [2.24, 2.45) is 0 Å². The standard InChI is InChI=1S/C35H33NO4/c1-3-4-14-32(38)40-30-18-16-24(21-31(30)39-2)35-34-27(19-25(20-29(34)37)22-10-6-5-7-11-22)33-26-13-9-8-12-23(26)15-17-28(33)36-35/h5-13,15-18,21,25,35-36H,3-4,14,19-20H2,1-2H3/t25-,35+/m0/s1. The van der Waals surface area contributed by atoms with Gasteiger partial charge in [-0.1, -0.05) is 80.1 Å². The molecule has 1 aliphatic heterocycles. The fourth-order valence-corrected chi connectivity index (χ4v) is 6.10. The Labute approximate surface area is 234 Å². The third-order valence-electron chi connectivity index (χ3n) is 8.08. The molecule has 0 aromatic heterocycles. The fourth-order valence-electron chi connectivity index (χ4n) is 6.10. The molecule has 0 unspecified atom stereocenters. The molecule has 4 aromatic rings. The number of hydrogen-bond donors (Lipinski definition) is 1. The first-order chi connectivity index (χ1) is 19.6. The molecule has 6 rings (SSSR count). The molecule has 1 N–H and O–H groups in total. The molecule has 0 spiro atoms. The van der Waals surface area contributed by atoms with E-state index < -0.39 is 0 Å². The van der Waals surface area contributed by atoms with Crippen molar-refractivity contribution in [3.63, 3.8) is 0 Å². The van der Waals surface area contributed by atoms with Crippen LogP contribution in [0, 0.1) is 0 Å². The molecular formula is C35H33NO4. The van der Waals surface area contributed by atoms with Crippen LogP contribution in [0.5, 0.6) is 11.5 Å². The number of nitrogens with one attached hydrogen (secondary N) is 1. The average Bonchev–Trinajstić information content (AvgIpc) is 2.99. The minimum atomic E-state index is -0.341. The van der Waals surface area contributed by atoms with Gasteiger partial charge in [0.15, 0.2) is 17.3 Å². The number of hydrogen-bond acceptors (Lipinski definition) is 5. The number of carbonyl (C=O) groups excluding carboxylic acids is 2. The molecule has 0 bridgehead atoms. The maximum Gasteiger partial charge on any atom is 0.311 e. The van der Waals surface area contributed by atoms with Crippen molar-refractivity contribution >= 4 is 33.8 Å². The van der Waals surface area contributed by atoms with Crippen molar-refractivity contribution in [2.45, 2.75) is 51.0 Å². The van der Waals surface area contributed by atoms with Gasteiger partial charge in [-0.15, -0.1) is 0 Å². The summed E-state index contributed by atoms with van der Waals surface area (Å²) in [6.07, 6.45) is 3.32. The zero-order valence-electron chi connectivity index (χ0n) is 22.9. The number of carbonyl (C=O) groups is 2. The summed E-state index contributed by atoms with van der Waals surface area (Å²) in [5.74, 6) is 0.866. The van der Waals surface area contributed by atoms with Gasteiger partial charge < -0.3 is 14.8 Å². The Balaban J connectivity index is 1.45. The first kappa shape index (κ1) is 25.9. The van der Waals surface area contributed by atoms with Crippen molar-refractivity contribution in [1.82, 2.24) is 0 Å². The number of esters is 1. The highest BCUT2D eigenvalue weighted by atomic mass is 16.6. The summed E-state index contributed by atoms with van der Waals surface area (Å²) in [6.45, 7) is 2.04. The number of ether oxygens (including phenoxy) is 2. The molecule has 2 atom stereocenters. The van der Waals surface area contributed by atoms with E-state index in [2.05, 4.69) is 47.8 Å². The number of unbranched alkanes of at least 4 members (excludes halogenated alkanes) is 1. The maximum atomic E-state index is 14.0. The molecule has 2 aliphatic rings. The SMILES string of the molecule is CCCCC(=O)Oc1ccc([C@H]2Nc3ccc4ccccc4c3C3=C2C(=O)C[C@@H](c2ccccc2)C3)cc1OC.